The van der Waals surface area contributed by atoms with Crippen molar-refractivity contribution in [1.82, 2.24) is 14.5 Å². The van der Waals surface area contributed by atoms with Crippen LogP contribution in [0.1, 0.15) is 24.5 Å². The van der Waals surface area contributed by atoms with E-state index in [0.29, 0.717) is 28.2 Å². The number of halogens is 2. The first kappa shape index (κ1) is 17.1. The van der Waals surface area contributed by atoms with Gasteiger partial charge < -0.3 is 9.47 Å². The third-order valence-corrected chi connectivity index (χ3v) is 5.17. The smallest absolute Gasteiger partial charge is 0.291 e. The van der Waals surface area contributed by atoms with E-state index in [9.17, 15) is 4.79 Å². The summed E-state index contributed by atoms with van der Waals surface area (Å²) in [5, 5.41) is 1.27. The first-order valence-corrected chi connectivity index (χ1v) is 9.15. The Morgan fingerprint density at radius 3 is 2.38 bits per heavy atom. The average molecular weight is 386 g/mol. The van der Waals surface area contributed by atoms with E-state index in [4.69, 9.17) is 23.2 Å². The van der Waals surface area contributed by atoms with Crippen LogP contribution in [0.5, 0.6) is 0 Å². The van der Waals surface area contributed by atoms with Crippen molar-refractivity contribution in [2.24, 2.45) is 0 Å². The summed E-state index contributed by atoms with van der Waals surface area (Å²) in [7, 11) is 0. The summed E-state index contributed by atoms with van der Waals surface area (Å²) in [5.74, 6) is 0.382. The molecule has 132 valence electrons. The fourth-order valence-corrected chi connectivity index (χ4v) is 3.59. The van der Waals surface area contributed by atoms with Crippen molar-refractivity contribution in [3.8, 4) is 22.5 Å². The molecule has 1 aromatic heterocycles. The average Bonchev–Trinajstić information content (AvgIpc) is 3.13. The lowest BCUT2D eigenvalue weighted by atomic mass is 10.0. The molecule has 0 saturated carbocycles. The maximum absolute atomic E-state index is 12.8. The number of carbonyl (C=O) groups is 1. The minimum absolute atomic E-state index is 0.0616. The molecule has 0 spiro atoms. The van der Waals surface area contributed by atoms with Gasteiger partial charge in [-0.15, -0.1) is 0 Å². The van der Waals surface area contributed by atoms with Crippen molar-refractivity contribution in [3.63, 3.8) is 0 Å². The molecule has 26 heavy (non-hydrogen) atoms. The highest BCUT2D eigenvalue weighted by Gasteiger charge is 2.35. The molecule has 0 radical (unpaired) electrons. The molecule has 3 aromatic rings. The molecule has 1 aliphatic rings. The van der Waals surface area contributed by atoms with Gasteiger partial charge in [0.25, 0.3) is 5.91 Å². The molecule has 0 bridgehead atoms. The van der Waals surface area contributed by atoms with Gasteiger partial charge in [0.05, 0.1) is 16.4 Å². The van der Waals surface area contributed by atoms with E-state index in [2.05, 4.69) is 4.98 Å². The first-order valence-electron chi connectivity index (χ1n) is 8.39. The van der Waals surface area contributed by atoms with E-state index in [1.807, 2.05) is 66.9 Å². The lowest BCUT2D eigenvalue weighted by Crippen LogP contribution is -2.31. The highest BCUT2D eigenvalue weighted by molar-refractivity contribution is 6.33. The second-order valence-electron chi connectivity index (χ2n) is 6.56. The summed E-state index contributed by atoms with van der Waals surface area (Å²) < 4.78 is 1.96. The fraction of sp³-hybridized carbons (Fsp3) is 0.200. The standard InChI is InChI=1S/C20H17Cl2N3O/c1-12(2)24-11-25-18(13-7-9-14(21)10-8-13)17(23-19(25)20(24)26)15-5-3-4-6-16(15)22/h3-10,12H,11H2,1-2H3. The van der Waals surface area contributed by atoms with Crippen LogP contribution in [0.25, 0.3) is 22.5 Å². The van der Waals surface area contributed by atoms with Crippen molar-refractivity contribution >= 4 is 29.1 Å². The third kappa shape index (κ3) is 2.70. The Morgan fingerprint density at radius 2 is 1.73 bits per heavy atom. The number of aromatic nitrogens is 2. The molecule has 4 nitrogen and oxygen atoms in total. The number of imidazole rings is 1. The van der Waals surface area contributed by atoms with E-state index in [1.54, 1.807) is 4.90 Å². The van der Waals surface area contributed by atoms with Crippen molar-refractivity contribution in [2.45, 2.75) is 26.6 Å². The first-order chi connectivity index (χ1) is 12.5. The van der Waals surface area contributed by atoms with Crippen LogP contribution in [0.15, 0.2) is 48.5 Å². The summed E-state index contributed by atoms with van der Waals surface area (Å²) in [4.78, 5) is 19.3. The van der Waals surface area contributed by atoms with Crippen LogP contribution in [0, 0.1) is 0 Å². The van der Waals surface area contributed by atoms with Gasteiger partial charge in [0.1, 0.15) is 6.67 Å². The summed E-state index contributed by atoms with van der Waals surface area (Å²) in [6.45, 7) is 4.48. The molecule has 2 aromatic carbocycles. The number of benzene rings is 2. The predicted octanol–water partition coefficient (Wildman–Crippen LogP) is 5.35. The Kier molecular flexibility index (Phi) is 4.25. The number of rotatable bonds is 3. The van der Waals surface area contributed by atoms with Crippen LogP contribution in [-0.2, 0) is 6.67 Å². The molecule has 0 atom stereocenters. The normalized spacial score (nSPS) is 13.6. The van der Waals surface area contributed by atoms with E-state index < -0.39 is 0 Å². The maximum atomic E-state index is 12.8. The fourth-order valence-electron chi connectivity index (χ4n) is 3.24. The Balaban J connectivity index is 1.96. The van der Waals surface area contributed by atoms with Crippen molar-refractivity contribution in [2.75, 3.05) is 0 Å². The van der Waals surface area contributed by atoms with Crippen LogP contribution in [0.3, 0.4) is 0 Å². The zero-order valence-corrected chi connectivity index (χ0v) is 15.9. The van der Waals surface area contributed by atoms with E-state index in [0.717, 1.165) is 16.8 Å². The summed E-state index contributed by atoms with van der Waals surface area (Å²) in [5.41, 5.74) is 3.34. The number of nitrogens with zero attached hydrogens (tertiary/aromatic N) is 3. The molecule has 4 rings (SSSR count). The Bertz CT molecular complexity index is 993. The van der Waals surface area contributed by atoms with Gasteiger partial charge in [-0.25, -0.2) is 4.98 Å². The van der Waals surface area contributed by atoms with Crippen molar-refractivity contribution in [3.05, 3.63) is 64.4 Å². The van der Waals surface area contributed by atoms with Crippen molar-refractivity contribution in [1.29, 1.82) is 0 Å². The zero-order chi connectivity index (χ0) is 18.4. The summed E-state index contributed by atoms with van der Waals surface area (Å²) in [6, 6.07) is 15.2. The number of hydrogen-bond donors (Lipinski definition) is 0. The molecule has 1 amide bonds. The Hall–Kier alpha value is -2.30. The molecule has 1 aliphatic heterocycles. The van der Waals surface area contributed by atoms with Gasteiger partial charge in [0, 0.05) is 22.2 Å². The van der Waals surface area contributed by atoms with Gasteiger partial charge in [0.2, 0.25) is 5.82 Å². The monoisotopic (exact) mass is 385 g/mol. The molecule has 0 unspecified atom stereocenters. The maximum Gasteiger partial charge on any atom is 0.291 e. The van der Waals surface area contributed by atoms with Crippen LogP contribution in [0.4, 0.5) is 0 Å². The third-order valence-electron chi connectivity index (χ3n) is 4.58. The zero-order valence-electron chi connectivity index (χ0n) is 14.4. The Morgan fingerprint density at radius 1 is 1.04 bits per heavy atom. The molecule has 0 aliphatic carbocycles. The second-order valence-corrected chi connectivity index (χ2v) is 7.40. The molecule has 2 heterocycles. The number of carbonyl (C=O) groups excluding carboxylic acids is 1. The largest absolute Gasteiger partial charge is 0.315 e. The van der Waals surface area contributed by atoms with Gasteiger partial charge in [-0.05, 0) is 32.0 Å². The summed E-state index contributed by atoms with van der Waals surface area (Å²) >= 11 is 12.5. The topological polar surface area (TPSA) is 38.1 Å². The lowest BCUT2D eigenvalue weighted by molar-refractivity contribution is 0.0714. The van der Waals surface area contributed by atoms with Gasteiger partial charge in [-0.1, -0.05) is 53.5 Å². The SMILES string of the molecule is CC(C)N1Cn2c(nc(-c3ccccc3Cl)c2-c2ccc(Cl)cc2)C1=O. The minimum atomic E-state index is -0.0616. The van der Waals surface area contributed by atoms with E-state index in [1.165, 1.54) is 0 Å². The number of hydrogen-bond acceptors (Lipinski definition) is 2. The van der Waals surface area contributed by atoms with Crippen LogP contribution in [-0.4, -0.2) is 26.4 Å². The van der Waals surface area contributed by atoms with Gasteiger partial charge >= 0.3 is 0 Å². The molecule has 0 fully saturated rings. The van der Waals surface area contributed by atoms with E-state index >= 15 is 0 Å². The highest BCUT2D eigenvalue weighted by atomic mass is 35.5. The van der Waals surface area contributed by atoms with Gasteiger partial charge in [-0.3, -0.25) is 4.79 Å². The van der Waals surface area contributed by atoms with Crippen molar-refractivity contribution < 1.29 is 4.79 Å². The molecule has 0 N–H and O–H groups in total. The second kappa shape index (κ2) is 6.45. The quantitative estimate of drug-likeness (QED) is 0.609. The van der Waals surface area contributed by atoms with Crippen LogP contribution >= 0.6 is 23.2 Å². The van der Waals surface area contributed by atoms with Gasteiger partial charge in [-0.2, -0.15) is 0 Å². The highest BCUT2D eigenvalue weighted by Crippen LogP contribution is 2.38. The minimum Gasteiger partial charge on any atom is -0.315 e. The lowest BCUT2D eigenvalue weighted by Gasteiger charge is -2.20. The predicted molar refractivity (Wildman–Crippen MR) is 104 cm³/mol. The number of fused-ring (bicyclic) bond motifs is 1. The molecule has 6 heteroatoms. The van der Waals surface area contributed by atoms with E-state index in [-0.39, 0.29) is 11.9 Å². The van der Waals surface area contributed by atoms with Crippen LogP contribution < -0.4 is 0 Å². The molecule has 0 saturated heterocycles. The molecular formula is C20H17Cl2N3O. The molecular weight excluding hydrogens is 369 g/mol. The Labute approximate surface area is 162 Å². The summed E-state index contributed by atoms with van der Waals surface area (Å²) in [6.07, 6.45) is 0. The van der Waals surface area contributed by atoms with Crippen LogP contribution in [0.2, 0.25) is 10.0 Å². The number of amides is 1. The van der Waals surface area contributed by atoms with Gasteiger partial charge in [0.15, 0.2) is 0 Å².